The van der Waals surface area contributed by atoms with Crippen LogP contribution < -0.4 is 15.4 Å². The summed E-state index contributed by atoms with van der Waals surface area (Å²) in [7, 11) is -3.96. The van der Waals surface area contributed by atoms with Gasteiger partial charge < -0.3 is 15.2 Å². The number of rotatable bonds is 5. The van der Waals surface area contributed by atoms with Crippen LogP contribution in [0.15, 0.2) is 33.7 Å². The van der Waals surface area contributed by atoms with Gasteiger partial charge in [0.2, 0.25) is 5.88 Å². The predicted octanol–water partition coefficient (Wildman–Crippen LogP) is 2.78. The molecule has 142 valence electrons. The minimum atomic E-state index is -4.53. The summed E-state index contributed by atoms with van der Waals surface area (Å²) in [5.41, 5.74) is 1.19. The lowest BCUT2D eigenvalue weighted by Crippen LogP contribution is -2.36. The average molecular weight is 392 g/mol. The second-order valence-electron chi connectivity index (χ2n) is 5.27. The van der Waals surface area contributed by atoms with Gasteiger partial charge >= 0.3 is 12.2 Å². The Hall–Kier alpha value is -2.76. The molecule has 1 aromatic carbocycles. The Labute approximate surface area is 146 Å². The number of anilines is 2. The first-order valence-corrected chi connectivity index (χ1v) is 8.63. The fourth-order valence-corrected chi connectivity index (χ4v) is 2.81. The van der Waals surface area contributed by atoms with E-state index in [-0.39, 0.29) is 16.5 Å². The molecule has 1 heterocycles. The number of nitrogens with zero attached hydrogens (tertiary/aromatic N) is 1. The summed E-state index contributed by atoms with van der Waals surface area (Å²) in [6, 6.07) is 3.77. The lowest BCUT2D eigenvalue weighted by molar-refractivity contribution is -0.122. The Morgan fingerprint density at radius 1 is 1.19 bits per heavy atom. The van der Waals surface area contributed by atoms with Crippen molar-refractivity contribution in [2.24, 2.45) is 0 Å². The van der Waals surface area contributed by atoms with Gasteiger partial charge in [0.1, 0.15) is 6.54 Å². The van der Waals surface area contributed by atoms with Crippen LogP contribution in [-0.4, -0.2) is 32.3 Å². The van der Waals surface area contributed by atoms with E-state index >= 15 is 0 Å². The maximum absolute atomic E-state index is 12.3. The van der Waals surface area contributed by atoms with E-state index in [2.05, 4.69) is 15.2 Å². The van der Waals surface area contributed by atoms with Crippen LogP contribution in [0.4, 0.5) is 29.5 Å². The van der Waals surface area contributed by atoms with Crippen LogP contribution in [0.3, 0.4) is 0 Å². The van der Waals surface area contributed by atoms with Crippen molar-refractivity contribution in [1.82, 2.24) is 10.5 Å². The van der Waals surface area contributed by atoms with E-state index < -0.39 is 28.8 Å². The van der Waals surface area contributed by atoms with E-state index in [1.807, 2.05) is 0 Å². The molecule has 0 saturated carbocycles. The summed E-state index contributed by atoms with van der Waals surface area (Å²) < 4.78 is 67.8. The van der Waals surface area contributed by atoms with Gasteiger partial charge in [-0.1, -0.05) is 5.16 Å². The SMILES string of the molecule is Cc1noc(NS(=O)(=O)c2ccc(NC(=O)NCC(F)(F)F)cc2)c1C. The van der Waals surface area contributed by atoms with E-state index in [1.165, 1.54) is 24.3 Å². The molecule has 2 rings (SSSR count). The van der Waals surface area contributed by atoms with Crippen LogP contribution >= 0.6 is 0 Å². The first kappa shape index (κ1) is 19.6. The number of sulfonamides is 1. The lowest BCUT2D eigenvalue weighted by atomic mass is 10.3. The van der Waals surface area contributed by atoms with E-state index in [4.69, 9.17) is 4.52 Å². The van der Waals surface area contributed by atoms with Gasteiger partial charge in [0.15, 0.2) is 0 Å². The maximum atomic E-state index is 12.3. The monoisotopic (exact) mass is 392 g/mol. The molecule has 0 atom stereocenters. The minimum absolute atomic E-state index is 0.0174. The molecule has 0 fully saturated rings. The van der Waals surface area contributed by atoms with Crippen LogP contribution in [-0.2, 0) is 10.0 Å². The molecule has 0 spiro atoms. The summed E-state index contributed by atoms with van der Waals surface area (Å²) >= 11 is 0. The van der Waals surface area contributed by atoms with Crippen molar-refractivity contribution in [1.29, 1.82) is 0 Å². The quantitative estimate of drug-likeness (QED) is 0.724. The van der Waals surface area contributed by atoms with Crippen molar-refractivity contribution < 1.29 is 30.9 Å². The highest BCUT2D eigenvalue weighted by atomic mass is 32.2. The Morgan fingerprint density at radius 2 is 1.81 bits per heavy atom. The van der Waals surface area contributed by atoms with E-state index in [0.717, 1.165) is 0 Å². The third-order valence-corrected chi connectivity index (χ3v) is 4.60. The molecule has 2 amide bonds. The minimum Gasteiger partial charge on any atom is -0.337 e. The molecule has 0 radical (unpaired) electrons. The fourth-order valence-electron chi connectivity index (χ4n) is 1.76. The zero-order valence-corrected chi connectivity index (χ0v) is 14.5. The second kappa shape index (κ2) is 7.23. The number of alkyl halides is 3. The molecule has 1 aromatic heterocycles. The highest BCUT2D eigenvalue weighted by molar-refractivity contribution is 7.92. The number of carbonyl (C=O) groups is 1. The fraction of sp³-hybridized carbons (Fsp3) is 0.286. The number of hydrogen-bond donors (Lipinski definition) is 3. The lowest BCUT2D eigenvalue weighted by Gasteiger charge is -2.10. The molecule has 0 aliphatic heterocycles. The highest BCUT2D eigenvalue weighted by Crippen LogP contribution is 2.22. The number of hydrogen-bond acceptors (Lipinski definition) is 5. The van der Waals surface area contributed by atoms with Gasteiger partial charge in [-0.05, 0) is 38.1 Å². The number of amides is 2. The summed E-state index contributed by atoms with van der Waals surface area (Å²) in [6.45, 7) is 1.81. The number of benzene rings is 1. The van der Waals surface area contributed by atoms with Crippen LogP contribution in [0.25, 0.3) is 0 Å². The summed E-state index contributed by atoms with van der Waals surface area (Å²) in [5, 5.41) is 7.43. The van der Waals surface area contributed by atoms with Crippen molar-refractivity contribution >= 4 is 27.6 Å². The first-order chi connectivity index (χ1) is 12.0. The van der Waals surface area contributed by atoms with E-state index in [1.54, 1.807) is 19.2 Å². The van der Waals surface area contributed by atoms with Crippen molar-refractivity contribution in [2.75, 3.05) is 16.6 Å². The molecule has 12 heteroatoms. The average Bonchev–Trinajstić information content (AvgIpc) is 2.84. The molecular weight excluding hydrogens is 377 g/mol. The molecule has 26 heavy (non-hydrogen) atoms. The third-order valence-electron chi connectivity index (χ3n) is 3.26. The number of carbonyl (C=O) groups excluding carboxylic acids is 1. The maximum Gasteiger partial charge on any atom is 0.405 e. The number of aromatic nitrogens is 1. The van der Waals surface area contributed by atoms with Gasteiger partial charge in [0, 0.05) is 11.3 Å². The van der Waals surface area contributed by atoms with Gasteiger partial charge in [0.05, 0.1) is 10.6 Å². The van der Waals surface area contributed by atoms with Gasteiger partial charge in [-0.25, -0.2) is 17.9 Å². The molecule has 0 unspecified atom stereocenters. The molecule has 0 saturated heterocycles. The molecule has 8 nitrogen and oxygen atoms in total. The highest BCUT2D eigenvalue weighted by Gasteiger charge is 2.27. The summed E-state index contributed by atoms with van der Waals surface area (Å²) in [4.78, 5) is 11.2. The molecule has 3 N–H and O–H groups in total. The Balaban J connectivity index is 2.04. The van der Waals surface area contributed by atoms with Crippen LogP contribution in [0.5, 0.6) is 0 Å². The van der Waals surface area contributed by atoms with Crippen molar-refractivity contribution in [3.05, 3.63) is 35.5 Å². The molecule has 2 aromatic rings. The molecule has 0 aliphatic carbocycles. The van der Waals surface area contributed by atoms with Gasteiger partial charge in [-0.15, -0.1) is 0 Å². The van der Waals surface area contributed by atoms with Gasteiger partial charge in [0.25, 0.3) is 10.0 Å². The van der Waals surface area contributed by atoms with Crippen LogP contribution in [0, 0.1) is 13.8 Å². The zero-order valence-electron chi connectivity index (χ0n) is 13.6. The number of halogens is 3. The Kier molecular flexibility index (Phi) is 5.44. The number of urea groups is 1. The Bertz CT molecular complexity index is 892. The number of aryl methyl sites for hydroxylation is 1. The topological polar surface area (TPSA) is 113 Å². The van der Waals surface area contributed by atoms with Gasteiger partial charge in [-0.3, -0.25) is 0 Å². The van der Waals surface area contributed by atoms with Crippen molar-refractivity contribution in [2.45, 2.75) is 24.9 Å². The van der Waals surface area contributed by atoms with Crippen molar-refractivity contribution in [3.8, 4) is 0 Å². The summed E-state index contributed by atoms with van der Waals surface area (Å²) in [5.74, 6) is -0.0174. The third kappa shape index (κ3) is 5.12. The van der Waals surface area contributed by atoms with E-state index in [0.29, 0.717) is 11.3 Å². The first-order valence-electron chi connectivity index (χ1n) is 7.15. The van der Waals surface area contributed by atoms with E-state index in [9.17, 15) is 26.4 Å². The van der Waals surface area contributed by atoms with Crippen LogP contribution in [0.1, 0.15) is 11.3 Å². The molecule has 0 aliphatic rings. The zero-order chi connectivity index (χ0) is 19.5. The van der Waals surface area contributed by atoms with Gasteiger partial charge in [-0.2, -0.15) is 13.2 Å². The standard InChI is InChI=1S/C14H15F3N4O4S/c1-8-9(2)20-25-12(8)21-26(23,24)11-5-3-10(4-6-11)19-13(22)18-7-14(15,16)17/h3-6,21H,7H2,1-2H3,(H2,18,19,22). The Morgan fingerprint density at radius 3 is 2.31 bits per heavy atom. The van der Waals surface area contributed by atoms with Crippen LogP contribution in [0.2, 0.25) is 0 Å². The normalized spacial score (nSPS) is 11.9. The van der Waals surface area contributed by atoms with Crippen molar-refractivity contribution in [3.63, 3.8) is 0 Å². The second-order valence-corrected chi connectivity index (χ2v) is 6.96. The molecular formula is C14H15F3N4O4S. The smallest absolute Gasteiger partial charge is 0.337 e. The molecule has 0 bridgehead atoms. The number of nitrogens with one attached hydrogen (secondary N) is 3. The summed E-state index contributed by atoms with van der Waals surface area (Å²) in [6.07, 6.45) is -4.53. The predicted molar refractivity (Wildman–Crippen MR) is 86.3 cm³/mol. The largest absolute Gasteiger partial charge is 0.405 e.